The van der Waals surface area contributed by atoms with Crippen LogP contribution >= 0.6 is 23.2 Å². The van der Waals surface area contributed by atoms with Gasteiger partial charge in [-0.2, -0.15) is 0 Å². The van der Waals surface area contributed by atoms with E-state index in [1.165, 1.54) is 37.7 Å². The Balaban J connectivity index is 0.000000178. The first-order valence-electron chi connectivity index (χ1n) is 34.4. The summed E-state index contributed by atoms with van der Waals surface area (Å²) in [4.78, 5) is 102. The first-order chi connectivity index (χ1) is 47.3. The molecule has 23 heteroatoms. The van der Waals surface area contributed by atoms with Crippen molar-refractivity contribution >= 4 is 75.5 Å². The lowest BCUT2D eigenvalue weighted by Gasteiger charge is -2.41. The maximum Gasteiger partial charge on any atom is 0.341 e. The number of aryl methyl sites for hydroxylation is 2. The number of ketones is 2. The minimum Gasteiger partial charge on any atom is -0.496 e. The molecule has 5 aliphatic heterocycles. The summed E-state index contributed by atoms with van der Waals surface area (Å²) in [6, 6.07) is 16.7. The summed E-state index contributed by atoms with van der Waals surface area (Å²) in [5.74, 6) is 0.473. The zero-order valence-corrected chi connectivity index (χ0v) is 59.2. The molecule has 1 saturated carbocycles. The van der Waals surface area contributed by atoms with E-state index < -0.39 is 12.0 Å². The third-order valence-electron chi connectivity index (χ3n) is 21.4. The van der Waals surface area contributed by atoms with E-state index in [-0.39, 0.29) is 80.7 Å². The predicted octanol–water partition coefficient (Wildman–Crippen LogP) is 12.0. The fourth-order valence-electron chi connectivity index (χ4n) is 15.2. The Morgan fingerprint density at radius 3 is 1.57 bits per heavy atom. The molecule has 0 radical (unpaired) electrons. The number of amides is 3. The number of methoxy groups -OCH3 is 2. The van der Waals surface area contributed by atoms with Gasteiger partial charge in [0.05, 0.1) is 48.1 Å². The standard InChI is InChI=1S/C38H44ClFN4O5.C22H30FN3O2.C16H16ClNO4/c1-22-23(2)37(47)42(3)21-29(22)26-17-30(39)36(35(18-26)49-4)38(48)44-15-11-25(12-16-44)24-9-13-43(14-10-24)33-8-5-27(19-31(33)40)41-32-7-6-28(45)20-34(32)46;23-19-14-15(13-18-2-4-21(27)25-22(18)28)1-3-20(19)26-11-7-17(8-12-26)16-5-9-24-10-6-16;1-8-9(2)15(19)18(3)7-11(8)10-5-12(17)14(16(20)21)13(6-10)22-4/h5,8,17-19,21,24-25,32,41H,6-7,9-16,20H2,1-4H3;1,3,14,16-18,24H,2,4-13H2,(H,25,27,28);5-7H,1-4H3,(H,20,21). The van der Waals surface area contributed by atoms with Crippen LogP contribution in [0.1, 0.15) is 132 Å². The molecule has 0 spiro atoms. The van der Waals surface area contributed by atoms with Crippen molar-refractivity contribution in [3.05, 3.63) is 154 Å². The van der Waals surface area contributed by atoms with Gasteiger partial charge in [-0.05, 0) is 217 Å². The number of hydrogen-bond donors (Lipinski definition) is 4. The van der Waals surface area contributed by atoms with Gasteiger partial charge in [-0.1, -0.05) is 29.3 Å². The monoisotopic (exact) mass is 1400 g/mol. The molecule has 19 nitrogen and oxygen atoms in total. The largest absolute Gasteiger partial charge is 0.496 e. The Kier molecular flexibility index (Phi) is 23.9. The molecule has 6 aromatic rings. The number of nitrogens with zero attached hydrogens (tertiary/aromatic N) is 5. The van der Waals surface area contributed by atoms with Crippen molar-refractivity contribution in [3.8, 4) is 33.8 Å². The number of anilines is 3. The number of likely N-dealkylation sites (tertiary alicyclic amines) is 1. The Morgan fingerprint density at radius 2 is 1.08 bits per heavy atom. The topological polar surface area (TPSA) is 231 Å². The summed E-state index contributed by atoms with van der Waals surface area (Å²) in [6.07, 6.45) is 14.1. The van der Waals surface area contributed by atoms with Gasteiger partial charge in [0, 0.05) is 112 Å². The quantitative estimate of drug-likeness (QED) is 0.0587. The molecule has 2 unspecified atom stereocenters. The highest BCUT2D eigenvalue weighted by molar-refractivity contribution is 6.35. The van der Waals surface area contributed by atoms with Crippen molar-refractivity contribution in [2.75, 3.05) is 81.7 Å². The summed E-state index contributed by atoms with van der Waals surface area (Å²) in [6.45, 7) is 14.2. The zero-order chi connectivity index (χ0) is 71.1. The number of ether oxygens (including phenoxy) is 2. The average molecular weight is 1400 g/mol. The number of hydrogen-bond acceptors (Lipinski definition) is 14. The van der Waals surface area contributed by atoms with Gasteiger partial charge in [-0.3, -0.25) is 38.9 Å². The van der Waals surface area contributed by atoms with Crippen LogP contribution in [0.4, 0.5) is 25.8 Å². The molecule has 2 aromatic heterocycles. The number of carboxylic acids is 1. The van der Waals surface area contributed by atoms with Crippen molar-refractivity contribution < 1.29 is 52.1 Å². The third-order valence-corrected chi connectivity index (χ3v) is 22.0. The summed E-state index contributed by atoms with van der Waals surface area (Å²) in [5.41, 5.74) is 8.88. The number of rotatable bonds is 14. The molecule has 99 heavy (non-hydrogen) atoms. The van der Waals surface area contributed by atoms with E-state index in [9.17, 15) is 47.9 Å². The number of imide groups is 1. The fraction of sp³-hybridized carbons (Fsp3) is 0.474. The van der Waals surface area contributed by atoms with Gasteiger partial charge < -0.3 is 49.0 Å². The van der Waals surface area contributed by atoms with Crippen molar-refractivity contribution in [2.45, 2.75) is 124 Å². The molecule has 4 N–H and O–H groups in total. The average Bonchev–Trinajstić information content (AvgIpc) is 0.785. The van der Waals surface area contributed by atoms with Gasteiger partial charge >= 0.3 is 5.97 Å². The van der Waals surface area contributed by atoms with Gasteiger partial charge in [-0.25, -0.2) is 13.6 Å². The number of benzene rings is 4. The molecule has 3 amide bonds. The highest BCUT2D eigenvalue weighted by Gasteiger charge is 2.35. The molecule has 6 aliphatic rings. The third kappa shape index (κ3) is 16.9. The van der Waals surface area contributed by atoms with E-state index >= 15 is 4.39 Å². The van der Waals surface area contributed by atoms with Crippen molar-refractivity contribution in [1.82, 2.24) is 24.7 Å². The van der Waals surface area contributed by atoms with Crippen LogP contribution in [0.25, 0.3) is 22.3 Å². The summed E-state index contributed by atoms with van der Waals surface area (Å²) in [7, 11) is 6.31. The molecule has 528 valence electrons. The van der Waals surface area contributed by atoms with E-state index in [0.29, 0.717) is 107 Å². The number of carbonyl (C=O) groups excluding carboxylic acids is 5. The summed E-state index contributed by atoms with van der Waals surface area (Å²) < 4.78 is 43.9. The smallest absolute Gasteiger partial charge is 0.341 e. The van der Waals surface area contributed by atoms with Gasteiger partial charge in [0.15, 0.2) is 5.78 Å². The number of pyridine rings is 2. The van der Waals surface area contributed by atoms with Gasteiger partial charge in [0.1, 0.15) is 40.0 Å². The van der Waals surface area contributed by atoms with Crippen molar-refractivity contribution in [1.29, 1.82) is 0 Å². The van der Waals surface area contributed by atoms with E-state index in [1.807, 2.05) is 43.0 Å². The number of carbonyl (C=O) groups is 6. The number of aromatic carboxylic acids is 1. The number of piperidine rings is 5. The molecule has 12 rings (SSSR count). The van der Waals surface area contributed by atoms with Crippen LogP contribution in [0.15, 0.2) is 82.6 Å². The lowest BCUT2D eigenvalue weighted by atomic mass is 9.78. The molecular weight excluding hydrogens is 1310 g/mol. The van der Waals surface area contributed by atoms with Crippen LogP contribution in [0.2, 0.25) is 10.0 Å². The highest BCUT2D eigenvalue weighted by atomic mass is 35.5. The lowest BCUT2D eigenvalue weighted by molar-refractivity contribution is -0.136. The second kappa shape index (κ2) is 32.3. The van der Waals surface area contributed by atoms with E-state index in [0.717, 1.165) is 123 Å². The predicted molar refractivity (Wildman–Crippen MR) is 381 cm³/mol. The minimum atomic E-state index is -1.15. The lowest BCUT2D eigenvalue weighted by Crippen LogP contribution is -2.43. The number of halogens is 4. The molecule has 5 saturated heterocycles. The van der Waals surface area contributed by atoms with Gasteiger partial charge in [0.2, 0.25) is 11.8 Å². The molecular formula is C76H90Cl2F2N8O11. The van der Waals surface area contributed by atoms with E-state index in [2.05, 4.69) is 25.8 Å². The second-order valence-corrected chi connectivity index (χ2v) is 28.2. The van der Waals surface area contributed by atoms with E-state index in [4.69, 9.17) is 32.7 Å². The van der Waals surface area contributed by atoms with Crippen LogP contribution in [-0.4, -0.2) is 127 Å². The molecule has 1 aliphatic carbocycles. The Labute approximate surface area is 586 Å². The van der Waals surface area contributed by atoms with Crippen LogP contribution in [0, 0.1) is 68.9 Å². The second-order valence-electron chi connectivity index (χ2n) is 27.4. The fourth-order valence-corrected chi connectivity index (χ4v) is 15.8. The number of carboxylic acid groups (broad SMARTS) is 1. The molecule has 7 heterocycles. The van der Waals surface area contributed by atoms with Crippen LogP contribution < -0.4 is 46.3 Å². The maximum absolute atomic E-state index is 15.2. The van der Waals surface area contributed by atoms with Crippen LogP contribution in [0.5, 0.6) is 11.5 Å². The molecule has 0 bridgehead atoms. The first kappa shape index (κ1) is 73.3. The minimum absolute atomic E-state index is 0.0372. The van der Waals surface area contributed by atoms with Gasteiger partial charge in [-0.15, -0.1) is 0 Å². The van der Waals surface area contributed by atoms with Gasteiger partial charge in [0.25, 0.3) is 17.0 Å². The molecule has 4 aromatic carbocycles. The summed E-state index contributed by atoms with van der Waals surface area (Å²) >= 11 is 12.9. The zero-order valence-electron chi connectivity index (χ0n) is 57.7. The normalized spacial score (nSPS) is 19.0. The Hall–Kier alpha value is -8.40. The van der Waals surface area contributed by atoms with Crippen molar-refractivity contribution in [2.24, 2.45) is 43.7 Å². The Bertz CT molecular complexity index is 4190. The van der Waals surface area contributed by atoms with Crippen molar-refractivity contribution in [3.63, 3.8) is 0 Å². The number of aromatic nitrogens is 2. The summed E-state index contributed by atoms with van der Waals surface area (Å²) in [5, 5.41) is 18.5. The van der Waals surface area contributed by atoms with Crippen LogP contribution in [0.3, 0.4) is 0 Å². The SMILES string of the molecule is COc1cc(-c2cn(C)c(=O)c(C)c2C)cc(Cl)c1C(=O)N1CCC(C2CCN(c3ccc(NC4CCC(=O)CC4=O)cc3F)CC2)CC1.COc1cc(-c2cn(C)c(=O)c(C)c2C)cc(Cl)c1C(=O)O.O=C1CCC(Cc2ccc(N3CCC(C4CCNCC4)CC3)c(F)c2)C(=O)N1. The van der Waals surface area contributed by atoms with Crippen LogP contribution in [-0.2, 0) is 39.7 Å². The first-order valence-corrected chi connectivity index (χ1v) is 35.1. The highest BCUT2D eigenvalue weighted by Crippen LogP contribution is 2.41. The number of Topliss-reactive ketones (excluding diaryl/α,β-unsaturated/α-hetero) is 2. The molecule has 6 fully saturated rings. The number of nitrogens with one attached hydrogen (secondary N) is 3. The maximum atomic E-state index is 15.2. The molecule has 2 atom stereocenters. The Morgan fingerprint density at radius 1 is 0.596 bits per heavy atom. The van der Waals surface area contributed by atoms with E-state index in [1.54, 1.807) is 75.2 Å².